The molecule has 0 radical (unpaired) electrons. The number of carboxylic acids is 1. The Labute approximate surface area is 160 Å². The van der Waals surface area contributed by atoms with E-state index < -0.39 is 5.97 Å². The summed E-state index contributed by atoms with van der Waals surface area (Å²) in [5.41, 5.74) is 0.721. The van der Waals surface area contributed by atoms with Crippen LogP contribution in [0.5, 0.6) is 0 Å². The number of aliphatic carboxylic acids is 1. The van der Waals surface area contributed by atoms with Crippen molar-refractivity contribution >= 4 is 29.3 Å². The number of thioether (sulfide) groups is 1. The molecule has 1 amide bonds. The molecule has 0 aromatic heterocycles. The van der Waals surface area contributed by atoms with Crippen LogP contribution >= 0.6 is 11.8 Å². The molecule has 1 aromatic carbocycles. The number of rotatable bonds is 6. The molecule has 1 unspecified atom stereocenters. The molecule has 0 heterocycles. The minimum absolute atomic E-state index is 0. The van der Waals surface area contributed by atoms with Gasteiger partial charge < -0.3 is 15.2 Å². The summed E-state index contributed by atoms with van der Waals surface area (Å²) in [6, 6.07) is 7.50. The zero-order valence-corrected chi connectivity index (χ0v) is 15.4. The van der Waals surface area contributed by atoms with Crippen molar-refractivity contribution in [2.24, 2.45) is 5.92 Å². The van der Waals surface area contributed by atoms with Gasteiger partial charge in [0, 0.05) is 23.0 Å². The van der Waals surface area contributed by atoms with E-state index in [1.807, 2.05) is 30.5 Å². The van der Waals surface area contributed by atoms with Gasteiger partial charge in [0.2, 0.25) is 5.91 Å². The van der Waals surface area contributed by atoms with Gasteiger partial charge in [-0.15, -0.1) is 11.8 Å². The summed E-state index contributed by atoms with van der Waals surface area (Å²) in [5, 5.41) is 13.1. The average molecular weight is 305 g/mol. The first-order valence-electron chi connectivity index (χ1n) is 5.65. The summed E-state index contributed by atoms with van der Waals surface area (Å²) in [6.07, 6.45) is 2.06. The third-order valence-electron chi connectivity index (χ3n) is 2.42. The number of hydrogen-bond acceptors (Lipinski definition) is 4. The van der Waals surface area contributed by atoms with Gasteiger partial charge in [0.25, 0.3) is 0 Å². The molecule has 6 heteroatoms. The third kappa shape index (κ3) is 8.11. The van der Waals surface area contributed by atoms with E-state index in [0.717, 1.165) is 10.6 Å². The van der Waals surface area contributed by atoms with Gasteiger partial charge in [-0.2, -0.15) is 0 Å². The molecule has 19 heavy (non-hydrogen) atoms. The number of nitrogens with one attached hydrogen (secondary N) is 1. The largest absolute Gasteiger partial charge is 1.00 e. The normalized spacial score (nSPS) is 11.3. The maximum absolute atomic E-state index is 11.6. The zero-order chi connectivity index (χ0) is 13.5. The average Bonchev–Trinajstić information content (AvgIpc) is 2.28. The summed E-state index contributed by atoms with van der Waals surface area (Å²) in [4.78, 5) is 23.1. The van der Waals surface area contributed by atoms with E-state index in [0.29, 0.717) is 0 Å². The van der Waals surface area contributed by atoms with Gasteiger partial charge in [0.05, 0.1) is 0 Å². The van der Waals surface area contributed by atoms with Crippen LogP contribution in [-0.4, -0.2) is 18.1 Å². The molecule has 1 atom stereocenters. The second-order valence-electron chi connectivity index (χ2n) is 4.16. The maximum atomic E-state index is 11.6. The van der Waals surface area contributed by atoms with Gasteiger partial charge in [-0.25, -0.2) is 0 Å². The molecule has 4 nitrogen and oxygen atoms in total. The Morgan fingerprint density at radius 2 is 1.84 bits per heavy atom. The molecular weight excluding hydrogens is 289 g/mol. The van der Waals surface area contributed by atoms with Gasteiger partial charge in [0.1, 0.15) is 0 Å². The van der Waals surface area contributed by atoms with Gasteiger partial charge >= 0.3 is 51.4 Å². The Morgan fingerprint density at radius 3 is 2.32 bits per heavy atom. The fourth-order valence-corrected chi connectivity index (χ4v) is 1.97. The van der Waals surface area contributed by atoms with Crippen LogP contribution in [-0.2, 0) is 9.59 Å². The second-order valence-corrected chi connectivity index (χ2v) is 5.04. The van der Waals surface area contributed by atoms with Gasteiger partial charge in [-0.3, -0.25) is 4.79 Å². The molecule has 0 bridgehead atoms. The summed E-state index contributed by atoms with van der Waals surface area (Å²) >= 11 is 1.63. The van der Waals surface area contributed by atoms with Crippen LogP contribution in [0.1, 0.15) is 19.8 Å². The Morgan fingerprint density at radius 1 is 1.26 bits per heavy atom. The van der Waals surface area contributed by atoms with Crippen molar-refractivity contribution in [2.75, 3.05) is 11.6 Å². The molecule has 1 aromatic rings. The Balaban J connectivity index is 0.00000324. The number of carbonyl (C=O) groups is 2. The molecule has 0 spiro atoms. The summed E-state index contributed by atoms with van der Waals surface area (Å²) in [6.45, 7) is 1.71. The minimum Gasteiger partial charge on any atom is -0.550 e. The first-order chi connectivity index (χ1) is 8.51. The number of hydrogen-bond donors (Lipinski definition) is 1. The molecule has 1 N–H and O–H groups in total. The molecule has 98 valence electrons. The van der Waals surface area contributed by atoms with Crippen molar-refractivity contribution in [2.45, 2.75) is 24.7 Å². The van der Waals surface area contributed by atoms with Crippen molar-refractivity contribution in [3.8, 4) is 0 Å². The zero-order valence-electron chi connectivity index (χ0n) is 11.4. The van der Waals surface area contributed by atoms with Crippen molar-refractivity contribution in [1.29, 1.82) is 0 Å². The van der Waals surface area contributed by atoms with Crippen LogP contribution < -0.4 is 61.8 Å². The number of benzene rings is 1. The first-order valence-corrected chi connectivity index (χ1v) is 6.87. The standard InChI is InChI=1S/C13H17NO3S.K/c1-9(8-13(16)17)7-12(15)14-10-3-5-11(18-2)6-4-10;/h3-6,9H,7-8H2,1-2H3,(H,14,15)(H,16,17);/q;+1/p-1. The number of carbonyl (C=O) groups excluding carboxylic acids is 2. The minimum atomic E-state index is -1.13. The summed E-state index contributed by atoms with van der Waals surface area (Å²) < 4.78 is 0. The first kappa shape index (κ1) is 19.1. The predicted octanol–water partition coefficient (Wildman–Crippen LogP) is -1.48. The van der Waals surface area contributed by atoms with Gasteiger partial charge in [-0.05, 0) is 42.9 Å². The van der Waals surface area contributed by atoms with E-state index in [1.54, 1.807) is 18.7 Å². The van der Waals surface area contributed by atoms with Crippen LogP contribution in [0.4, 0.5) is 5.69 Å². The van der Waals surface area contributed by atoms with Gasteiger partial charge in [0.15, 0.2) is 0 Å². The SMILES string of the molecule is CSc1ccc(NC(=O)CC(C)CC(=O)[O-])cc1.[K+]. The van der Waals surface area contributed by atoms with Crippen molar-refractivity contribution in [3.05, 3.63) is 24.3 Å². The van der Waals surface area contributed by atoms with E-state index in [-0.39, 0.29) is 76.1 Å². The van der Waals surface area contributed by atoms with E-state index >= 15 is 0 Å². The molecule has 0 saturated carbocycles. The predicted molar refractivity (Wildman–Crippen MR) is 70.3 cm³/mol. The molecule has 0 fully saturated rings. The van der Waals surface area contributed by atoms with E-state index in [1.165, 1.54) is 0 Å². The van der Waals surface area contributed by atoms with E-state index in [9.17, 15) is 14.7 Å². The van der Waals surface area contributed by atoms with Crippen LogP contribution in [0.3, 0.4) is 0 Å². The maximum Gasteiger partial charge on any atom is 1.00 e. The Bertz CT molecular complexity index is 422. The molecule has 1 rings (SSSR count). The molecular formula is C13H16KNO3S. The van der Waals surface area contributed by atoms with Gasteiger partial charge in [-0.1, -0.05) is 6.92 Å². The van der Waals surface area contributed by atoms with Crippen LogP contribution in [0.15, 0.2) is 29.2 Å². The van der Waals surface area contributed by atoms with Crippen molar-refractivity contribution in [1.82, 2.24) is 0 Å². The van der Waals surface area contributed by atoms with E-state index in [4.69, 9.17) is 0 Å². The fourth-order valence-electron chi connectivity index (χ4n) is 1.56. The second kappa shape index (κ2) is 9.96. The van der Waals surface area contributed by atoms with Crippen LogP contribution in [0, 0.1) is 5.92 Å². The number of amides is 1. The van der Waals surface area contributed by atoms with Crippen molar-refractivity contribution in [3.63, 3.8) is 0 Å². The molecule has 0 aliphatic heterocycles. The summed E-state index contributed by atoms with van der Waals surface area (Å²) in [7, 11) is 0. The Hall–Kier alpha value is 0.146. The monoisotopic (exact) mass is 305 g/mol. The molecule has 0 aliphatic carbocycles. The third-order valence-corrected chi connectivity index (χ3v) is 3.17. The molecule has 0 aliphatic rings. The Kier molecular flexibility index (Phi) is 10.0. The number of carboxylic acid groups (broad SMARTS) is 1. The quantitative estimate of drug-likeness (QED) is 0.514. The topological polar surface area (TPSA) is 69.2 Å². The van der Waals surface area contributed by atoms with Crippen molar-refractivity contribution < 1.29 is 66.1 Å². The van der Waals surface area contributed by atoms with Crippen LogP contribution in [0.2, 0.25) is 0 Å². The smallest absolute Gasteiger partial charge is 0.550 e. The number of anilines is 1. The molecule has 0 saturated heterocycles. The fraction of sp³-hybridized carbons (Fsp3) is 0.385. The van der Waals surface area contributed by atoms with Crippen LogP contribution in [0.25, 0.3) is 0 Å². The van der Waals surface area contributed by atoms with E-state index in [2.05, 4.69) is 5.32 Å². The summed E-state index contributed by atoms with van der Waals surface area (Å²) in [5.74, 6) is -1.53.